The van der Waals surface area contributed by atoms with Crippen molar-refractivity contribution in [3.63, 3.8) is 0 Å². The molecule has 134 valence electrons. The van der Waals surface area contributed by atoms with Crippen molar-refractivity contribution in [3.8, 4) is 6.07 Å². The lowest BCUT2D eigenvalue weighted by atomic mass is 9.77. The van der Waals surface area contributed by atoms with Gasteiger partial charge >= 0.3 is 11.9 Å². The van der Waals surface area contributed by atoms with Crippen molar-refractivity contribution in [3.05, 3.63) is 33.6 Å². The number of pyridine rings is 1. The van der Waals surface area contributed by atoms with Crippen LogP contribution in [-0.4, -0.2) is 35.1 Å². The van der Waals surface area contributed by atoms with Gasteiger partial charge in [-0.1, -0.05) is 0 Å². The minimum absolute atomic E-state index is 0.00903. The Morgan fingerprint density at radius 2 is 1.88 bits per heavy atom. The summed E-state index contributed by atoms with van der Waals surface area (Å²) in [5, 5.41) is 19.8. The summed E-state index contributed by atoms with van der Waals surface area (Å²) in [6.07, 6.45) is 0.629. The average Bonchev–Trinajstić information content (AvgIpc) is 2.56. The number of nitro groups is 1. The zero-order chi connectivity index (χ0) is 19.0. The molecule has 0 radical (unpaired) electrons. The summed E-state index contributed by atoms with van der Waals surface area (Å²) in [5.41, 5.74) is -1.97. The summed E-state index contributed by atoms with van der Waals surface area (Å²) in [4.78, 5) is 39.6. The fraction of sp³-hybridized carbons (Fsp3) is 0.500. The van der Waals surface area contributed by atoms with Gasteiger partial charge in [0.1, 0.15) is 6.20 Å². The number of aryl methyl sites for hydroxylation is 1. The van der Waals surface area contributed by atoms with E-state index in [1.807, 2.05) is 6.07 Å². The third kappa shape index (κ3) is 4.09. The highest BCUT2D eigenvalue weighted by molar-refractivity contribution is 6.06. The predicted octanol–water partition coefficient (Wildman–Crippen LogP) is 1.97. The van der Waals surface area contributed by atoms with Crippen LogP contribution in [0, 0.1) is 28.4 Å². The monoisotopic (exact) mass is 349 g/mol. The van der Waals surface area contributed by atoms with E-state index in [1.54, 1.807) is 13.8 Å². The van der Waals surface area contributed by atoms with Crippen LogP contribution < -0.4 is 0 Å². The number of nitrogens with zero attached hydrogens (tertiary/aromatic N) is 3. The highest BCUT2D eigenvalue weighted by atomic mass is 16.6. The van der Waals surface area contributed by atoms with E-state index in [-0.39, 0.29) is 43.0 Å². The summed E-state index contributed by atoms with van der Waals surface area (Å²) in [5.74, 6) is -1.79. The third-order valence-corrected chi connectivity index (χ3v) is 3.54. The maximum absolute atomic E-state index is 12.7. The van der Waals surface area contributed by atoms with E-state index in [9.17, 15) is 19.7 Å². The van der Waals surface area contributed by atoms with Gasteiger partial charge in [-0.25, -0.2) is 0 Å². The fourth-order valence-electron chi connectivity index (χ4n) is 2.46. The molecule has 9 heteroatoms. The lowest BCUT2D eigenvalue weighted by molar-refractivity contribution is -0.385. The first-order valence-corrected chi connectivity index (χ1v) is 7.68. The molecule has 0 saturated carbocycles. The highest BCUT2D eigenvalue weighted by Crippen LogP contribution is 2.34. The molecular formula is C16H19N3O6. The van der Waals surface area contributed by atoms with Crippen LogP contribution in [-0.2, 0) is 24.5 Å². The van der Waals surface area contributed by atoms with Crippen LogP contribution in [0.2, 0.25) is 0 Å². The maximum atomic E-state index is 12.7. The summed E-state index contributed by atoms with van der Waals surface area (Å²) < 4.78 is 10.1. The number of hydrogen-bond acceptors (Lipinski definition) is 8. The van der Waals surface area contributed by atoms with Gasteiger partial charge in [-0.2, -0.15) is 5.26 Å². The maximum Gasteiger partial charge on any atom is 0.329 e. The van der Waals surface area contributed by atoms with Crippen LogP contribution in [0.5, 0.6) is 0 Å². The minimum atomic E-state index is -1.94. The molecule has 0 amide bonds. The van der Waals surface area contributed by atoms with Crippen molar-refractivity contribution in [2.24, 2.45) is 0 Å². The van der Waals surface area contributed by atoms with Crippen LogP contribution in [0.4, 0.5) is 5.69 Å². The number of esters is 2. The number of aromatic nitrogens is 1. The molecule has 0 atom stereocenters. The molecule has 0 fully saturated rings. The zero-order valence-corrected chi connectivity index (χ0v) is 14.3. The number of ether oxygens (including phenoxy) is 2. The van der Waals surface area contributed by atoms with Gasteiger partial charge in [0.25, 0.3) is 5.69 Å². The molecule has 0 aromatic carbocycles. The van der Waals surface area contributed by atoms with Crippen molar-refractivity contribution in [1.82, 2.24) is 4.98 Å². The summed E-state index contributed by atoms with van der Waals surface area (Å²) in [6, 6.07) is 3.09. The Labute approximate surface area is 144 Å². The molecule has 0 aliphatic carbocycles. The Kier molecular flexibility index (Phi) is 6.99. The molecule has 0 spiro atoms. The van der Waals surface area contributed by atoms with E-state index in [2.05, 4.69) is 4.98 Å². The molecular weight excluding hydrogens is 330 g/mol. The molecule has 1 aromatic rings. The molecule has 1 rings (SSSR count). The zero-order valence-electron chi connectivity index (χ0n) is 14.3. The predicted molar refractivity (Wildman–Crippen MR) is 85.4 cm³/mol. The number of carbonyl (C=O) groups excluding carboxylic acids is 2. The van der Waals surface area contributed by atoms with Crippen LogP contribution >= 0.6 is 0 Å². The Morgan fingerprint density at radius 1 is 1.32 bits per heavy atom. The molecule has 0 aliphatic rings. The molecule has 1 aromatic heterocycles. The molecule has 1 heterocycles. The van der Waals surface area contributed by atoms with E-state index in [4.69, 9.17) is 14.7 Å². The first kappa shape index (κ1) is 20.0. The van der Waals surface area contributed by atoms with Crippen molar-refractivity contribution < 1.29 is 24.0 Å². The highest BCUT2D eigenvalue weighted by Gasteiger charge is 2.52. The summed E-state index contributed by atoms with van der Waals surface area (Å²) in [7, 11) is 0. The fourth-order valence-corrected chi connectivity index (χ4v) is 2.46. The van der Waals surface area contributed by atoms with Gasteiger partial charge in [-0.15, -0.1) is 0 Å². The smallest absolute Gasteiger partial charge is 0.329 e. The Morgan fingerprint density at radius 3 is 2.28 bits per heavy atom. The first-order valence-electron chi connectivity index (χ1n) is 7.68. The molecule has 25 heavy (non-hydrogen) atoms. The largest absolute Gasteiger partial charge is 0.465 e. The van der Waals surface area contributed by atoms with E-state index in [0.717, 1.165) is 6.20 Å². The third-order valence-electron chi connectivity index (χ3n) is 3.54. The molecule has 0 aliphatic heterocycles. The van der Waals surface area contributed by atoms with Crippen LogP contribution in [0.1, 0.15) is 37.9 Å². The van der Waals surface area contributed by atoms with Gasteiger partial charge in [0.15, 0.2) is 0 Å². The SMILES string of the molecule is CCOC(=O)C(CCC#N)(C(=O)OCC)c1ncc([N+](=O)[O-])cc1C. The van der Waals surface area contributed by atoms with Crippen LogP contribution in [0.3, 0.4) is 0 Å². The number of rotatable bonds is 8. The second-order valence-electron chi connectivity index (χ2n) is 5.12. The molecule has 0 saturated heterocycles. The van der Waals surface area contributed by atoms with Crippen molar-refractivity contribution >= 4 is 17.6 Å². The van der Waals surface area contributed by atoms with Crippen molar-refractivity contribution in [2.75, 3.05) is 13.2 Å². The molecule has 0 N–H and O–H groups in total. The van der Waals surface area contributed by atoms with E-state index < -0.39 is 22.3 Å². The second kappa shape index (κ2) is 8.73. The Balaban J connectivity index is 3.62. The average molecular weight is 349 g/mol. The number of carbonyl (C=O) groups is 2. The normalized spacial score (nSPS) is 10.6. The number of hydrogen-bond donors (Lipinski definition) is 0. The van der Waals surface area contributed by atoms with Gasteiger partial charge in [0, 0.05) is 12.5 Å². The Bertz CT molecular complexity index is 692. The van der Waals surface area contributed by atoms with Crippen LogP contribution in [0.25, 0.3) is 0 Å². The lowest BCUT2D eigenvalue weighted by Crippen LogP contribution is -2.47. The van der Waals surface area contributed by atoms with Crippen molar-refractivity contribution in [1.29, 1.82) is 5.26 Å². The number of nitriles is 1. The molecule has 0 unspecified atom stereocenters. The molecule has 9 nitrogen and oxygen atoms in total. The summed E-state index contributed by atoms with van der Waals surface area (Å²) in [6.45, 7) is 4.68. The quantitative estimate of drug-likeness (QED) is 0.301. The lowest BCUT2D eigenvalue weighted by Gasteiger charge is -2.29. The van der Waals surface area contributed by atoms with Gasteiger partial charge in [-0.05, 0) is 32.8 Å². The van der Waals surface area contributed by atoms with Crippen molar-refractivity contribution in [2.45, 2.75) is 39.0 Å². The summed E-state index contributed by atoms with van der Waals surface area (Å²) >= 11 is 0. The van der Waals surface area contributed by atoms with Crippen LogP contribution in [0.15, 0.2) is 12.3 Å². The van der Waals surface area contributed by atoms with Gasteiger partial charge in [0.2, 0.25) is 5.41 Å². The van der Waals surface area contributed by atoms with E-state index >= 15 is 0 Å². The van der Waals surface area contributed by atoms with Gasteiger partial charge in [0.05, 0.1) is 29.9 Å². The van der Waals surface area contributed by atoms with Gasteiger partial charge < -0.3 is 9.47 Å². The Hall–Kier alpha value is -3.02. The molecule has 0 bridgehead atoms. The second-order valence-corrected chi connectivity index (χ2v) is 5.12. The van der Waals surface area contributed by atoms with E-state index in [0.29, 0.717) is 0 Å². The first-order chi connectivity index (χ1) is 11.8. The standard InChI is InChI=1S/C16H19N3O6/c1-4-24-14(20)16(7-6-8-17,15(21)25-5-2)13-11(3)9-12(10-18-13)19(22)23/h9-10H,4-7H2,1-3H3. The topological polar surface area (TPSA) is 132 Å². The minimum Gasteiger partial charge on any atom is -0.465 e. The van der Waals surface area contributed by atoms with E-state index in [1.165, 1.54) is 13.0 Å². The van der Waals surface area contributed by atoms with Gasteiger partial charge in [-0.3, -0.25) is 24.7 Å².